The van der Waals surface area contributed by atoms with Crippen LogP contribution in [0.2, 0.25) is 0 Å². The fraction of sp³-hybridized carbons (Fsp3) is 0.300. The highest BCUT2D eigenvalue weighted by Gasteiger charge is 2.39. The zero-order chi connectivity index (χ0) is 20.7. The van der Waals surface area contributed by atoms with E-state index in [0.717, 1.165) is 5.56 Å². The first-order valence-corrected chi connectivity index (χ1v) is 9.17. The van der Waals surface area contributed by atoms with Crippen LogP contribution in [0.25, 0.3) is 11.3 Å². The van der Waals surface area contributed by atoms with Gasteiger partial charge in [-0.15, -0.1) is 0 Å². The van der Waals surface area contributed by atoms with E-state index >= 15 is 0 Å². The summed E-state index contributed by atoms with van der Waals surface area (Å²) in [5.74, 6) is 0.365. The molecule has 3 aromatic heterocycles. The van der Waals surface area contributed by atoms with E-state index in [1.54, 1.807) is 21.7 Å². The summed E-state index contributed by atoms with van der Waals surface area (Å²) >= 11 is 0. The molecule has 1 aliphatic heterocycles. The number of aromatic nitrogens is 4. The number of halogens is 2. The minimum absolute atomic E-state index is 0.0479. The molecule has 7 nitrogen and oxygen atoms in total. The van der Waals surface area contributed by atoms with E-state index in [2.05, 4.69) is 19.8 Å². The van der Waals surface area contributed by atoms with Crippen LogP contribution >= 0.6 is 0 Å². The van der Waals surface area contributed by atoms with E-state index in [1.165, 1.54) is 18.5 Å². The number of amides is 1. The van der Waals surface area contributed by atoms with Crippen molar-refractivity contribution < 1.29 is 18.3 Å². The number of nitrogens with zero attached hydrogens (tertiary/aromatic N) is 5. The summed E-state index contributed by atoms with van der Waals surface area (Å²) in [6.07, 6.45) is 4.56. The van der Waals surface area contributed by atoms with Crippen LogP contribution in [0.5, 0.6) is 5.75 Å². The molecule has 0 unspecified atom stereocenters. The summed E-state index contributed by atoms with van der Waals surface area (Å²) in [5, 5.41) is 4.44. The Kier molecular flexibility index (Phi) is 4.73. The number of pyridine rings is 2. The Balaban J connectivity index is 1.74. The lowest BCUT2D eigenvalue weighted by atomic mass is 10.0. The van der Waals surface area contributed by atoms with Gasteiger partial charge in [-0.25, -0.2) is 4.98 Å². The molecule has 0 saturated carbocycles. The third-order valence-corrected chi connectivity index (χ3v) is 4.89. The van der Waals surface area contributed by atoms with Crippen LogP contribution in [0.4, 0.5) is 14.6 Å². The van der Waals surface area contributed by atoms with Crippen LogP contribution < -0.4 is 9.64 Å². The Morgan fingerprint density at radius 3 is 2.76 bits per heavy atom. The van der Waals surface area contributed by atoms with E-state index in [9.17, 15) is 13.6 Å². The maximum Gasteiger partial charge on any atom is 0.387 e. The summed E-state index contributed by atoms with van der Waals surface area (Å²) in [4.78, 5) is 23.3. The highest BCUT2D eigenvalue weighted by Crippen LogP contribution is 2.38. The molecule has 0 saturated heterocycles. The molecule has 9 heteroatoms. The largest absolute Gasteiger partial charge is 0.433 e. The number of anilines is 1. The number of hydrogen-bond donors (Lipinski definition) is 0. The van der Waals surface area contributed by atoms with Gasteiger partial charge in [-0.2, -0.15) is 13.9 Å². The van der Waals surface area contributed by atoms with E-state index in [0.29, 0.717) is 34.9 Å². The van der Waals surface area contributed by atoms with Crippen molar-refractivity contribution in [3.63, 3.8) is 0 Å². The molecule has 4 rings (SSSR count). The van der Waals surface area contributed by atoms with Crippen LogP contribution in [-0.2, 0) is 6.54 Å². The molecule has 0 N–H and O–H groups in total. The molecular weight excluding hydrogens is 380 g/mol. The number of fused-ring (bicyclic) bond motifs is 1. The van der Waals surface area contributed by atoms with Gasteiger partial charge in [-0.1, -0.05) is 0 Å². The molecule has 0 aromatic carbocycles. The first kappa shape index (κ1) is 19.0. The second-order valence-electron chi connectivity index (χ2n) is 6.75. The van der Waals surface area contributed by atoms with Gasteiger partial charge in [0.2, 0.25) is 0 Å². The number of aryl methyl sites for hydroxylation is 2. The van der Waals surface area contributed by atoms with Gasteiger partial charge in [0.15, 0.2) is 5.82 Å². The van der Waals surface area contributed by atoms with Crippen molar-refractivity contribution in [2.75, 3.05) is 4.90 Å². The number of carbonyl (C=O) groups is 1. The molecule has 0 aliphatic carbocycles. The van der Waals surface area contributed by atoms with Gasteiger partial charge in [-0.3, -0.25) is 19.4 Å². The van der Waals surface area contributed by atoms with Crippen molar-refractivity contribution in [2.45, 2.75) is 40.0 Å². The number of rotatable bonds is 5. The predicted molar refractivity (Wildman–Crippen MR) is 102 cm³/mol. The van der Waals surface area contributed by atoms with Crippen LogP contribution in [-0.4, -0.2) is 32.3 Å². The fourth-order valence-corrected chi connectivity index (χ4v) is 3.53. The van der Waals surface area contributed by atoms with Gasteiger partial charge in [-0.05, 0) is 38.5 Å². The van der Waals surface area contributed by atoms with E-state index in [-0.39, 0.29) is 17.7 Å². The Labute approximate surface area is 166 Å². The lowest BCUT2D eigenvalue weighted by Gasteiger charge is -2.18. The molecule has 150 valence electrons. The molecule has 0 radical (unpaired) electrons. The zero-order valence-electron chi connectivity index (χ0n) is 16.1. The number of carbonyl (C=O) groups excluding carboxylic acids is 1. The summed E-state index contributed by atoms with van der Waals surface area (Å²) in [6.45, 7) is 3.46. The van der Waals surface area contributed by atoms with Gasteiger partial charge < -0.3 is 4.74 Å². The van der Waals surface area contributed by atoms with Gasteiger partial charge in [0.1, 0.15) is 5.75 Å². The minimum atomic E-state index is -2.93. The fourth-order valence-electron chi connectivity index (χ4n) is 3.53. The normalized spacial score (nSPS) is 15.9. The molecule has 4 heterocycles. The maximum absolute atomic E-state index is 13.1. The van der Waals surface area contributed by atoms with Gasteiger partial charge >= 0.3 is 6.61 Å². The molecule has 29 heavy (non-hydrogen) atoms. The van der Waals surface area contributed by atoms with Crippen LogP contribution in [0, 0.1) is 6.92 Å². The molecule has 0 spiro atoms. The third-order valence-electron chi connectivity index (χ3n) is 4.89. The summed E-state index contributed by atoms with van der Waals surface area (Å²) in [7, 11) is 0. The summed E-state index contributed by atoms with van der Waals surface area (Å²) < 4.78 is 31.2. The van der Waals surface area contributed by atoms with Crippen molar-refractivity contribution in [3.8, 4) is 17.0 Å². The Morgan fingerprint density at radius 1 is 1.28 bits per heavy atom. The molecule has 1 amide bonds. The molecule has 0 fully saturated rings. The molecule has 3 aromatic rings. The van der Waals surface area contributed by atoms with Crippen molar-refractivity contribution in [1.82, 2.24) is 19.7 Å². The molecule has 1 atom stereocenters. The number of alkyl halides is 2. The molecular formula is C20H19F2N5O2. The van der Waals surface area contributed by atoms with Gasteiger partial charge in [0.05, 0.1) is 29.2 Å². The highest BCUT2D eigenvalue weighted by atomic mass is 19.3. The standard InChI is InChI=1S/C20H19F2N5O2/c1-4-26-6-5-16(25-26)27-12(3)18-17(19(27)28)11(2)7-15(24-18)13-8-14(10-23-9-13)29-20(21)22/h5-10,12,20H,4H2,1-3H3/t12-/m1/s1. The van der Waals surface area contributed by atoms with Crippen molar-refractivity contribution in [1.29, 1.82) is 0 Å². The lowest BCUT2D eigenvalue weighted by molar-refractivity contribution is -0.0500. The van der Waals surface area contributed by atoms with E-state index in [4.69, 9.17) is 0 Å². The topological polar surface area (TPSA) is 73.1 Å². The number of hydrogen-bond acceptors (Lipinski definition) is 5. The molecule has 1 aliphatic rings. The number of ether oxygens (including phenoxy) is 1. The summed E-state index contributed by atoms with van der Waals surface area (Å²) in [5.41, 5.74) is 2.98. The highest BCUT2D eigenvalue weighted by molar-refractivity contribution is 6.11. The smallest absolute Gasteiger partial charge is 0.387 e. The third kappa shape index (κ3) is 3.32. The van der Waals surface area contributed by atoms with Crippen LogP contribution in [0.15, 0.2) is 36.8 Å². The second kappa shape index (κ2) is 7.23. The van der Waals surface area contributed by atoms with E-state index < -0.39 is 6.61 Å². The quantitative estimate of drug-likeness (QED) is 0.649. The maximum atomic E-state index is 13.1. The second-order valence-corrected chi connectivity index (χ2v) is 6.75. The Morgan fingerprint density at radius 2 is 2.07 bits per heavy atom. The predicted octanol–water partition coefficient (Wildman–Crippen LogP) is 3.99. The van der Waals surface area contributed by atoms with Gasteiger partial charge in [0, 0.05) is 30.6 Å². The van der Waals surface area contributed by atoms with Crippen molar-refractivity contribution in [3.05, 3.63) is 53.6 Å². The SMILES string of the molecule is CCn1ccc(N2C(=O)c3c(C)cc(-c4cncc(OC(F)F)c4)nc3[C@H]2C)n1. The average molecular weight is 399 g/mol. The van der Waals surface area contributed by atoms with Crippen LogP contribution in [0.3, 0.4) is 0 Å². The lowest BCUT2D eigenvalue weighted by Crippen LogP contribution is -2.27. The van der Waals surface area contributed by atoms with E-state index in [1.807, 2.05) is 27.0 Å². The van der Waals surface area contributed by atoms with Crippen LogP contribution in [0.1, 0.15) is 41.5 Å². The van der Waals surface area contributed by atoms with Gasteiger partial charge in [0.25, 0.3) is 5.91 Å². The van der Waals surface area contributed by atoms with Crippen molar-refractivity contribution in [2.24, 2.45) is 0 Å². The zero-order valence-corrected chi connectivity index (χ0v) is 16.1. The monoisotopic (exact) mass is 399 g/mol. The van der Waals surface area contributed by atoms with Crippen molar-refractivity contribution >= 4 is 11.7 Å². The summed E-state index contributed by atoms with van der Waals surface area (Å²) in [6, 6.07) is 4.69. The average Bonchev–Trinajstić information content (AvgIpc) is 3.24. The minimum Gasteiger partial charge on any atom is -0.433 e. The molecule has 0 bridgehead atoms. The first-order valence-electron chi connectivity index (χ1n) is 9.17. The Hall–Kier alpha value is -3.36. The Bertz CT molecular complexity index is 1080. The first-order chi connectivity index (χ1) is 13.9.